The van der Waals surface area contributed by atoms with Gasteiger partial charge in [-0.1, -0.05) is 4.49 Å². The zero-order valence-corrected chi connectivity index (χ0v) is 9.94. The van der Waals surface area contributed by atoms with Gasteiger partial charge in [0.05, 0.1) is 13.1 Å². The molecule has 2 heterocycles. The van der Waals surface area contributed by atoms with Crippen molar-refractivity contribution >= 4 is 23.4 Å². The van der Waals surface area contributed by atoms with E-state index in [0.717, 1.165) is 11.5 Å². The highest BCUT2D eigenvalue weighted by atomic mass is 32.1. The molecule has 1 fully saturated rings. The standard InChI is InChI=1S/C9H11N3O4S/c1-9(16-2-7(13)14)4-12(5-9)8(15)6-3-17-11-10-6/h3H,2,4-5H2,1H3,(H,13,14). The minimum atomic E-state index is -1.01. The zero-order valence-electron chi connectivity index (χ0n) is 9.12. The summed E-state index contributed by atoms with van der Waals surface area (Å²) in [6, 6.07) is 0. The molecular formula is C9H11N3O4S. The first kappa shape index (κ1) is 11.9. The van der Waals surface area contributed by atoms with Gasteiger partial charge in [-0.2, -0.15) is 0 Å². The lowest BCUT2D eigenvalue weighted by Crippen LogP contribution is -2.63. The molecule has 1 saturated heterocycles. The Morgan fingerprint density at radius 2 is 2.35 bits per heavy atom. The second-order valence-electron chi connectivity index (χ2n) is 4.08. The molecule has 1 N–H and O–H groups in total. The summed E-state index contributed by atoms with van der Waals surface area (Å²) in [4.78, 5) is 23.7. The fourth-order valence-electron chi connectivity index (χ4n) is 1.65. The molecule has 17 heavy (non-hydrogen) atoms. The normalized spacial score (nSPS) is 17.6. The first-order valence-electron chi connectivity index (χ1n) is 4.92. The van der Waals surface area contributed by atoms with Gasteiger partial charge in [-0.3, -0.25) is 4.79 Å². The van der Waals surface area contributed by atoms with Crippen LogP contribution in [-0.2, 0) is 9.53 Å². The molecule has 1 aliphatic rings. The summed E-state index contributed by atoms with van der Waals surface area (Å²) < 4.78 is 8.81. The summed E-state index contributed by atoms with van der Waals surface area (Å²) in [7, 11) is 0. The number of carboxylic acids is 1. The van der Waals surface area contributed by atoms with Crippen molar-refractivity contribution < 1.29 is 19.4 Å². The van der Waals surface area contributed by atoms with Crippen LogP contribution < -0.4 is 0 Å². The maximum Gasteiger partial charge on any atom is 0.329 e. The predicted molar refractivity (Wildman–Crippen MR) is 57.8 cm³/mol. The summed E-state index contributed by atoms with van der Waals surface area (Å²) in [5.74, 6) is -1.21. The number of aromatic nitrogens is 2. The summed E-state index contributed by atoms with van der Waals surface area (Å²) in [5, 5.41) is 13.8. The van der Waals surface area contributed by atoms with Gasteiger partial charge in [0.2, 0.25) is 0 Å². The number of nitrogens with zero attached hydrogens (tertiary/aromatic N) is 3. The van der Waals surface area contributed by atoms with E-state index in [0.29, 0.717) is 18.8 Å². The van der Waals surface area contributed by atoms with Crippen LogP contribution >= 0.6 is 11.5 Å². The van der Waals surface area contributed by atoms with Crippen molar-refractivity contribution in [2.75, 3.05) is 19.7 Å². The number of ether oxygens (including phenoxy) is 1. The van der Waals surface area contributed by atoms with E-state index in [-0.39, 0.29) is 12.5 Å². The van der Waals surface area contributed by atoms with Crippen LogP contribution in [0.25, 0.3) is 0 Å². The first-order valence-corrected chi connectivity index (χ1v) is 5.76. The third-order valence-electron chi connectivity index (χ3n) is 2.46. The van der Waals surface area contributed by atoms with Crippen LogP contribution in [0.15, 0.2) is 5.38 Å². The number of rotatable bonds is 4. The van der Waals surface area contributed by atoms with Crippen LogP contribution in [0.2, 0.25) is 0 Å². The Morgan fingerprint density at radius 1 is 1.65 bits per heavy atom. The molecule has 0 spiro atoms. The van der Waals surface area contributed by atoms with E-state index in [1.54, 1.807) is 17.2 Å². The monoisotopic (exact) mass is 257 g/mol. The van der Waals surface area contributed by atoms with Crippen molar-refractivity contribution in [2.45, 2.75) is 12.5 Å². The zero-order chi connectivity index (χ0) is 12.5. The average molecular weight is 257 g/mol. The van der Waals surface area contributed by atoms with Crippen LogP contribution in [0.3, 0.4) is 0 Å². The molecule has 0 atom stereocenters. The van der Waals surface area contributed by atoms with E-state index in [2.05, 4.69) is 9.59 Å². The number of hydrogen-bond donors (Lipinski definition) is 1. The Labute approximate surface area is 101 Å². The Hall–Kier alpha value is -1.54. The SMILES string of the molecule is CC1(OCC(=O)O)CN(C(=O)c2csnn2)C1. The smallest absolute Gasteiger partial charge is 0.329 e. The molecule has 0 bridgehead atoms. The summed E-state index contributed by atoms with van der Waals surface area (Å²) in [6.45, 7) is 2.17. The number of likely N-dealkylation sites (tertiary alicyclic amines) is 1. The lowest BCUT2D eigenvalue weighted by Gasteiger charge is -2.46. The molecule has 0 radical (unpaired) electrons. The van der Waals surface area contributed by atoms with Gasteiger partial charge in [0.1, 0.15) is 12.2 Å². The predicted octanol–water partition coefficient (Wildman–Crippen LogP) is -0.146. The molecule has 8 heteroatoms. The third-order valence-corrected chi connectivity index (χ3v) is 2.97. The van der Waals surface area contributed by atoms with E-state index >= 15 is 0 Å². The lowest BCUT2D eigenvalue weighted by molar-refractivity contribution is -0.159. The molecule has 7 nitrogen and oxygen atoms in total. The molecule has 0 aliphatic carbocycles. The maximum absolute atomic E-state index is 11.8. The summed E-state index contributed by atoms with van der Waals surface area (Å²) >= 11 is 1.12. The van der Waals surface area contributed by atoms with E-state index in [4.69, 9.17) is 9.84 Å². The van der Waals surface area contributed by atoms with Gasteiger partial charge in [0.15, 0.2) is 5.69 Å². The average Bonchev–Trinajstić information content (AvgIpc) is 2.74. The molecule has 0 unspecified atom stereocenters. The van der Waals surface area contributed by atoms with Crippen LogP contribution in [0.5, 0.6) is 0 Å². The Balaban J connectivity index is 1.86. The molecule has 1 aromatic rings. The van der Waals surface area contributed by atoms with Crippen molar-refractivity contribution in [2.24, 2.45) is 0 Å². The topological polar surface area (TPSA) is 92.6 Å². The minimum Gasteiger partial charge on any atom is -0.480 e. The molecule has 1 aromatic heterocycles. The number of aliphatic carboxylic acids is 1. The molecular weight excluding hydrogens is 246 g/mol. The van der Waals surface area contributed by atoms with Gasteiger partial charge >= 0.3 is 5.97 Å². The molecule has 92 valence electrons. The van der Waals surface area contributed by atoms with Gasteiger partial charge in [0.25, 0.3) is 5.91 Å². The van der Waals surface area contributed by atoms with Crippen LogP contribution in [0.1, 0.15) is 17.4 Å². The van der Waals surface area contributed by atoms with E-state index in [1.165, 1.54) is 0 Å². The molecule has 1 amide bonds. The Morgan fingerprint density at radius 3 is 2.88 bits per heavy atom. The molecule has 0 saturated carbocycles. The largest absolute Gasteiger partial charge is 0.480 e. The highest BCUT2D eigenvalue weighted by Gasteiger charge is 2.43. The second-order valence-corrected chi connectivity index (χ2v) is 4.69. The van der Waals surface area contributed by atoms with Gasteiger partial charge in [-0.15, -0.1) is 5.10 Å². The number of hydrogen-bond acceptors (Lipinski definition) is 6. The number of amides is 1. The Bertz CT molecular complexity index is 427. The lowest BCUT2D eigenvalue weighted by atomic mass is 9.96. The van der Waals surface area contributed by atoms with E-state index in [9.17, 15) is 9.59 Å². The first-order chi connectivity index (χ1) is 8.00. The quantitative estimate of drug-likeness (QED) is 0.806. The van der Waals surface area contributed by atoms with Gasteiger partial charge in [-0.05, 0) is 18.5 Å². The van der Waals surface area contributed by atoms with Gasteiger partial charge < -0.3 is 14.7 Å². The summed E-state index contributed by atoms with van der Waals surface area (Å²) in [6.07, 6.45) is 0. The van der Waals surface area contributed by atoms with E-state index < -0.39 is 11.6 Å². The highest BCUT2D eigenvalue weighted by molar-refractivity contribution is 7.03. The number of carboxylic acid groups (broad SMARTS) is 1. The summed E-state index contributed by atoms with van der Waals surface area (Å²) in [5.41, 5.74) is -0.257. The second kappa shape index (κ2) is 4.38. The maximum atomic E-state index is 11.8. The molecule has 2 rings (SSSR count). The fraction of sp³-hybridized carbons (Fsp3) is 0.556. The fourth-order valence-corrected chi connectivity index (χ4v) is 2.08. The van der Waals surface area contributed by atoms with Gasteiger partial charge in [0, 0.05) is 5.38 Å². The molecule has 1 aliphatic heterocycles. The Kier molecular flexibility index (Phi) is 3.07. The number of carbonyl (C=O) groups is 2. The van der Waals surface area contributed by atoms with Crippen molar-refractivity contribution in [3.63, 3.8) is 0 Å². The van der Waals surface area contributed by atoms with Crippen LogP contribution in [0.4, 0.5) is 0 Å². The number of carbonyl (C=O) groups excluding carboxylic acids is 1. The third kappa shape index (κ3) is 2.59. The van der Waals surface area contributed by atoms with Crippen LogP contribution in [-0.4, -0.2) is 56.8 Å². The van der Waals surface area contributed by atoms with Crippen molar-refractivity contribution in [3.8, 4) is 0 Å². The van der Waals surface area contributed by atoms with Crippen LogP contribution in [0, 0.1) is 0 Å². The highest BCUT2D eigenvalue weighted by Crippen LogP contribution is 2.25. The van der Waals surface area contributed by atoms with Crippen molar-refractivity contribution in [3.05, 3.63) is 11.1 Å². The van der Waals surface area contributed by atoms with Crippen molar-refractivity contribution in [1.29, 1.82) is 0 Å². The van der Waals surface area contributed by atoms with Crippen molar-refractivity contribution in [1.82, 2.24) is 14.5 Å². The van der Waals surface area contributed by atoms with Gasteiger partial charge in [-0.25, -0.2) is 4.79 Å². The minimum absolute atomic E-state index is 0.199. The van der Waals surface area contributed by atoms with E-state index in [1.807, 2.05) is 0 Å². The molecule has 0 aromatic carbocycles.